The summed E-state index contributed by atoms with van der Waals surface area (Å²) in [6, 6.07) is 11.2. The molecule has 0 heterocycles. The molecule has 104 valence electrons. The number of halogens is 1. The molecule has 3 nitrogen and oxygen atoms in total. The molecule has 1 N–H and O–H groups in total. The summed E-state index contributed by atoms with van der Waals surface area (Å²) in [6.45, 7) is 4.11. The molecular formula is C16H16FNO2. The fraction of sp³-hybridized carbons (Fsp3) is 0.188. The zero-order chi connectivity index (χ0) is 14.7. The van der Waals surface area contributed by atoms with Crippen molar-refractivity contribution >= 4 is 11.6 Å². The highest BCUT2D eigenvalue weighted by Crippen LogP contribution is 2.25. The molecule has 2 rings (SSSR count). The van der Waals surface area contributed by atoms with Gasteiger partial charge in [0.2, 0.25) is 0 Å². The van der Waals surface area contributed by atoms with Gasteiger partial charge in [0.1, 0.15) is 17.1 Å². The van der Waals surface area contributed by atoms with Crippen molar-refractivity contribution in [3.8, 4) is 5.75 Å². The Morgan fingerprint density at radius 1 is 1.25 bits per heavy atom. The van der Waals surface area contributed by atoms with Gasteiger partial charge in [0.25, 0.3) is 5.91 Å². The topological polar surface area (TPSA) is 40.5 Å². The Morgan fingerprint density at radius 2 is 1.95 bits per heavy atom. The Labute approximate surface area is 117 Å². The second kappa shape index (κ2) is 5.74. The number of benzene rings is 2. The largest absolute Gasteiger partial charge is 0.507 e. The van der Waals surface area contributed by atoms with E-state index in [9.17, 15) is 14.3 Å². The van der Waals surface area contributed by atoms with Crippen molar-refractivity contribution in [3.63, 3.8) is 0 Å². The van der Waals surface area contributed by atoms with Gasteiger partial charge in [0.15, 0.2) is 0 Å². The van der Waals surface area contributed by atoms with E-state index in [0.29, 0.717) is 12.2 Å². The fourth-order valence-electron chi connectivity index (χ4n) is 2.10. The van der Waals surface area contributed by atoms with E-state index in [2.05, 4.69) is 0 Å². The van der Waals surface area contributed by atoms with Gasteiger partial charge in [-0.2, -0.15) is 0 Å². The molecule has 0 saturated heterocycles. The minimum atomic E-state index is -0.721. The molecule has 20 heavy (non-hydrogen) atoms. The third-order valence-electron chi connectivity index (χ3n) is 3.08. The van der Waals surface area contributed by atoms with Crippen molar-refractivity contribution in [2.24, 2.45) is 0 Å². The van der Waals surface area contributed by atoms with Gasteiger partial charge in [-0.25, -0.2) is 4.39 Å². The van der Waals surface area contributed by atoms with Gasteiger partial charge >= 0.3 is 0 Å². The number of anilines is 1. The van der Waals surface area contributed by atoms with Crippen molar-refractivity contribution in [1.29, 1.82) is 0 Å². The lowest BCUT2D eigenvalue weighted by Crippen LogP contribution is -2.31. The van der Waals surface area contributed by atoms with Crippen LogP contribution in [0, 0.1) is 12.7 Å². The van der Waals surface area contributed by atoms with Crippen LogP contribution in [0.3, 0.4) is 0 Å². The zero-order valence-electron chi connectivity index (χ0n) is 11.4. The first-order chi connectivity index (χ1) is 9.54. The SMILES string of the molecule is CCN(C(=O)c1c(O)cccc1F)c1cccc(C)c1. The second-order valence-electron chi connectivity index (χ2n) is 4.52. The highest BCUT2D eigenvalue weighted by molar-refractivity contribution is 6.08. The van der Waals surface area contributed by atoms with Gasteiger partial charge in [0.05, 0.1) is 0 Å². The van der Waals surface area contributed by atoms with E-state index in [-0.39, 0.29) is 11.3 Å². The summed E-state index contributed by atoms with van der Waals surface area (Å²) in [5, 5.41) is 9.72. The van der Waals surface area contributed by atoms with Crippen molar-refractivity contribution in [1.82, 2.24) is 0 Å². The summed E-state index contributed by atoms with van der Waals surface area (Å²) in [5.41, 5.74) is 1.39. The fourth-order valence-corrected chi connectivity index (χ4v) is 2.10. The molecule has 0 radical (unpaired) electrons. The van der Waals surface area contributed by atoms with Crippen LogP contribution in [-0.2, 0) is 0 Å². The van der Waals surface area contributed by atoms with Crippen molar-refractivity contribution in [3.05, 3.63) is 59.4 Å². The van der Waals surface area contributed by atoms with Crippen LogP contribution in [-0.4, -0.2) is 17.6 Å². The molecule has 0 aliphatic heterocycles. The lowest BCUT2D eigenvalue weighted by molar-refractivity contribution is 0.0981. The number of aromatic hydroxyl groups is 1. The van der Waals surface area contributed by atoms with E-state index in [4.69, 9.17) is 0 Å². The number of hydrogen-bond acceptors (Lipinski definition) is 2. The molecule has 2 aromatic carbocycles. The number of rotatable bonds is 3. The molecule has 0 saturated carbocycles. The smallest absolute Gasteiger partial charge is 0.265 e. The molecule has 0 aliphatic rings. The lowest BCUT2D eigenvalue weighted by Gasteiger charge is -2.22. The van der Waals surface area contributed by atoms with E-state index in [1.54, 1.807) is 13.0 Å². The number of nitrogens with zero attached hydrogens (tertiary/aromatic N) is 1. The maximum atomic E-state index is 13.8. The molecule has 0 aromatic heterocycles. The number of hydrogen-bond donors (Lipinski definition) is 1. The molecule has 0 aliphatic carbocycles. The normalized spacial score (nSPS) is 10.3. The van der Waals surface area contributed by atoms with Crippen LogP contribution < -0.4 is 4.90 Å². The Bertz CT molecular complexity index is 620. The van der Waals surface area contributed by atoms with Crippen molar-refractivity contribution in [2.75, 3.05) is 11.4 Å². The number of amides is 1. The third kappa shape index (κ3) is 2.64. The van der Waals surface area contributed by atoms with Crippen LogP contribution in [0.5, 0.6) is 5.75 Å². The van der Waals surface area contributed by atoms with Crippen LogP contribution in [0.4, 0.5) is 10.1 Å². The number of carbonyl (C=O) groups is 1. The van der Waals surface area contributed by atoms with E-state index in [0.717, 1.165) is 11.6 Å². The average molecular weight is 273 g/mol. The van der Waals surface area contributed by atoms with Gasteiger partial charge in [-0.3, -0.25) is 4.79 Å². The molecular weight excluding hydrogens is 257 g/mol. The van der Waals surface area contributed by atoms with E-state index >= 15 is 0 Å². The highest BCUT2D eigenvalue weighted by Gasteiger charge is 2.22. The monoisotopic (exact) mass is 273 g/mol. The Kier molecular flexibility index (Phi) is 4.03. The Morgan fingerprint density at radius 3 is 2.55 bits per heavy atom. The minimum Gasteiger partial charge on any atom is -0.507 e. The van der Waals surface area contributed by atoms with E-state index in [1.807, 2.05) is 25.1 Å². The maximum absolute atomic E-state index is 13.8. The van der Waals surface area contributed by atoms with Crippen molar-refractivity contribution in [2.45, 2.75) is 13.8 Å². The molecule has 2 aromatic rings. The standard InChI is InChI=1S/C16H16FNO2/c1-3-18(12-7-4-6-11(2)10-12)16(20)15-13(17)8-5-9-14(15)19/h4-10,19H,3H2,1-2H3. The van der Waals surface area contributed by atoms with Gasteiger partial charge < -0.3 is 10.0 Å². The molecule has 0 fully saturated rings. The first-order valence-electron chi connectivity index (χ1n) is 6.40. The number of phenolic OH excluding ortho intramolecular Hbond substituents is 1. The molecule has 0 bridgehead atoms. The molecule has 0 spiro atoms. The van der Waals surface area contributed by atoms with Crippen LogP contribution in [0.2, 0.25) is 0 Å². The first-order valence-corrected chi connectivity index (χ1v) is 6.40. The molecule has 0 unspecified atom stereocenters. The molecule has 4 heteroatoms. The highest BCUT2D eigenvalue weighted by atomic mass is 19.1. The number of aryl methyl sites for hydroxylation is 1. The van der Waals surface area contributed by atoms with Crippen molar-refractivity contribution < 1.29 is 14.3 Å². The summed E-state index contributed by atoms with van der Waals surface area (Å²) in [5.74, 6) is -1.61. The predicted octanol–water partition coefficient (Wildman–Crippen LogP) is 3.51. The van der Waals surface area contributed by atoms with Gasteiger partial charge in [-0.1, -0.05) is 18.2 Å². The van der Waals surface area contributed by atoms with Gasteiger partial charge in [-0.15, -0.1) is 0 Å². The van der Waals surface area contributed by atoms with Gasteiger partial charge in [-0.05, 0) is 43.7 Å². The summed E-state index contributed by atoms with van der Waals surface area (Å²) in [4.78, 5) is 13.9. The molecule has 0 atom stereocenters. The summed E-state index contributed by atoms with van der Waals surface area (Å²) >= 11 is 0. The second-order valence-corrected chi connectivity index (χ2v) is 4.52. The van der Waals surface area contributed by atoms with E-state index < -0.39 is 11.7 Å². The van der Waals surface area contributed by atoms with Crippen LogP contribution in [0.15, 0.2) is 42.5 Å². The number of carbonyl (C=O) groups excluding carboxylic acids is 1. The summed E-state index contributed by atoms with van der Waals surface area (Å²) in [6.07, 6.45) is 0. The lowest BCUT2D eigenvalue weighted by atomic mass is 10.1. The van der Waals surface area contributed by atoms with Crippen LogP contribution in [0.25, 0.3) is 0 Å². The Hall–Kier alpha value is -2.36. The third-order valence-corrected chi connectivity index (χ3v) is 3.08. The quantitative estimate of drug-likeness (QED) is 0.929. The number of phenols is 1. The summed E-state index contributed by atoms with van der Waals surface area (Å²) < 4.78 is 13.8. The van der Waals surface area contributed by atoms with Gasteiger partial charge in [0, 0.05) is 12.2 Å². The average Bonchev–Trinajstić information content (AvgIpc) is 2.39. The predicted molar refractivity (Wildman–Crippen MR) is 76.6 cm³/mol. The van der Waals surface area contributed by atoms with Crippen LogP contribution in [0.1, 0.15) is 22.8 Å². The van der Waals surface area contributed by atoms with Crippen LogP contribution >= 0.6 is 0 Å². The minimum absolute atomic E-state index is 0.296. The van der Waals surface area contributed by atoms with E-state index in [1.165, 1.54) is 17.0 Å². The molecule has 1 amide bonds. The Balaban J connectivity index is 2.45. The first kappa shape index (κ1) is 14.1. The maximum Gasteiger partial charge on any atom is 0.265 e. The zero-order valence-corrected chi connectivity index (χ0v) is 11.4. The summed E-state index contributed by atoms with van der Waals surface area (Å²) in [7, 11) is 0.